The second kappa shape index (κ2) is 14.6. The van der Waals surface area contributed by atoms with Crippen LogP contribution in [-0.4, -0.2) is 114 Å². The Balaban J connectivity index is 1.22. The minimum Gasteiger partial charge on any atom is -0.494 e. The highest BCUT2D eigenvalue weighted by molar-refractivity contribution is 9.10. The smallest absolute Gasteiger partial charge is 0.229 e. The van der Waals surface area contributed by atoms with Crippen molar-refractivity contribution < 1.29 is 17.3 Å². The molecule has 268 valence electrons. The van der Waals surface area contributed by atoms with Gasteiger partial charge in [-0.3, -0.25) is 24.3 Å². The molecule has 5 heterocycles. The van der Waals surface area contributed by atoms with Gasteiger partial charge in [0.05, 0.1) is 50.7 Å². The van der Waals surface area contributed by atoms with E-state index in [0.29, 0.717) is 32.9 Å². The number of benzene rings is 2. The molecule has 0 amide bonds. The number of hydrogen-bond donors (Lipinski definition) is 3. The van der Waals surface area contributed by atoms with E-state index in [2.05, 4.69) is 78.1 Å². The van der Waals surface area contributed by atoms with Crippen LogP contribution in [0.3, 0.4) is 0 Å². The van der Waals surface area contributed by atoms with Gasteiger partial charge in [-0.2, -0.15) is 10.1 Å². The van der Waals surface area contributed by atoms with E-state index in [-0.39, 0.29) is 23.2 Å². The topological polar surface area (TPSA) is 159 Å². The number of piperazine rings is 1. The minimum absolute atomic E-state index is 0.104. The third kappa shape index (κ3) is 7.85. The lowest BCUT2D eigenvalue weighted by molar-refractivity contribution is 0.0982. The van der Waals surface area contributed by atoms with E-state index in [1.807, 2.05) is 19.3 Å². The number of nitrogens with one attached hydrogen (secondary N) is 3. The van der Waals surface area contributed by atoms with Crippen molar-refractivity contribution in [1.29, 1.82) is 0 Å². The molecule has 15 nitrogen and oxygen atoms in total. The summed E-state index contributed by atoms with van der Waals surface area (Å²) in [6, 6.07) is 7.48. The van der Waals surface area contributed by atoms with E-state index < -0.39 is 17.1 Å². The van der Waals surface area contributed by atoms with Gasteiger partial charge in [-0.05, 0) is 54.0 Å². The summed E-state index contributed by atoms with van der Waals surface area (Å²) in [5.41, 5.74) is 4.25. The van der Waals surface area contributed by atoms with E-state index in [9.17, 15) is 8.42 Å². The van der Waals surface area contributed by atoms with Crippen LogP contribution in [0.5, 0.6) is 5.75 Å². The van der Waals surface area contributed by atoms with Crippen LogP contribution in [-0.2, 0) is 17.1 Å². The molecule has 51 heavy (non-hydrogen) atoms. The maximum Gasteiger partial charge on any atom is 0.229 e. The lowest BCUT2D eigenvalue weighted by atomic mass is 9.98. The maximum absolute atomic E-state index is 12.4. The molecule has 0 saturated carbocycles. The van der Waals surface area contributed by atoms with Gasteiger partial charge in [0.1, 0.15) is 17.1 Å². The molecular formula is C34H41BrN12O3S. The Kier molecular flexibility index (Phi) is 8.91. The summed E-state index contributed by atoms with van der Waals surface area (Å²) in [5, 5.41) is 10.8. The lowest BCUT2D eigenvalue weighted by Crippen LogP contribution is -2.52. The quantitative estimate of drug-likeness (QED) is 0.180. The Morgan fingerprint density at radius 2 is 1.75 bits per heavy atom. The number of ether oxygens (including phenoxy) is 1. The number of nitrogens with zero attached hydrogens (tertiary/aromatic N) is 9. The summed E-state index contributed by atoms with van der Waals surface area (Å²) in [6.45, 7) is 5.84. The summed E-state index contributed by atoms with van der Waals surface area (Å²) in [4.78, 5) is 25.0. The molecule has 0 atom stereocenters. The molecule has 2 fully saturated rings. The Morgan fingerprint density at radius 3 is 2.47 bits per heavy atom. The predicted octanol–water partition coefficient (Wildman–Crippen LogP) is 4.67. The SMILES string of the molecule is [2H]C([2H])([2H])Oc1cc(N2CCC(N3CCN(C)CC3)CC2)c(-c2cnn(C)c2)cc1Nc1ncc(Br)c(Nc2ccc3nccnc3c2NS(C)(=O)=O)n1. The average Bonchev–Trinajstić information content (AvgIpc) is 3.56. The Hall–Kier alpha value is -4.58. The molecule has 7 rings (SSSR count). The minimum atomic E-state index is -3.70. The van der Waals surface area contributed by atoms with Crippen molar-refractivity contribution in [3.8, 4) is 16.9 Å². The van der Waals surface area contributed by atoms with Crippen LogP contribution in [0.2, 0.25) is 0 Å². The standard InChI is InChI=1S/C34H41BrN12O3S/c1-44-13-15-46(16-14-44)23-7-11-47(12-8-23)29-18-30(50-3)28(17-24(29)22-19-39-45(2)21-22)41-34-38-20-25(35)33(42-34)40-27-6-5-26-31(37-10-9-36-26)32(27)43-51(4,48)49/h5-6,9-10,17-21,23,43H,7-8,11-16H2,1-4H3,(H2,38,40,41,42)/i3D3. The Bertz CT molecular complexity index is 2260. The van der Waals surface area contributed by atoms with Gasteiger partial charge in [0.2, 0.25) is 16.0 Å². The normalized spacial score (nSPS) is 17.5. The van der Waals surface area contributed by atoms with Crippen molar-refractivity contribution in [3.63, 3.8) is 0 Å². The number of hydrogen-bond acceptors (Lipinski definition) is 13. The zero-order valence-electron chi connectivity index (χ0n) is 31.5. The van der Waals surface area contributed by atoms with Gasteiger partial charge < -0.3 is 25.2 Å². The molecule has 5 aromatic rings. The zero-order valence-corrected chi connectivity index (χ0v) is 30.9. The molecule has 0 aliphatic carbocycles. The predicted molar refractivity (Wildman–Crippen MR) is 204 cm³/mol. The summed E-state index contributed by atoms with van der Waals surface area (Å²) >= 11 is 3.49. The van der Waals surface area contributed by atoms with E-state index in [1.54, 1.807) is 29.1 Å². The lowest BCUT2D eigenvalue weighted by Gasteiger charge is -2.43. The van der Waals surface area contributed by atoms with Crippen LogP contribution < -0.4 is 25.0 Å². The molecule has 2 saturated heterocycles. The zero-order chi connectivity index (χ0) is 38.2. The first-order valence-electron chi connectivity index (χ1n) is 18.0. The highest BCUT2D eigenvalue weighted by Crippen LogP contribution is 2.42. The van der Waals surface area contributed by atoms with Crippen molar-refractivity contribution >= 4 is 71.5 Å². The summed E-state index contributed by atoms with van der Waals surface area (Å²) in [7, 11) is -2.43. The largest absolute Gasteiger partial charge is 0.494 e. The number of anilines is 6. The molecular weight excluding hydrogens is 736 g/mol. The van der Waals surface area contributed by atoms with Crippen LogP contribution in [0, 0.1) is 0 Å². The highest BCUT2D eigenvalue weighted by atomic mass is 79.9. The fraction of sp³-hybridized carbons (Fsp3) is 0.382. The number of likely N-dealkylation sites (N-methyl/N-ethyl adjacent to an activating group) is 1. The number of sulfonamides is 1. The molecule has 0 radical (unpaired) electrons. The monoisotopic (exact) mass is 779 g/mol. The van der Waals surface area contributed by atoms with E-state index in [0.717, 1.165) is 75.2 Å². The number of aromatic nitrogens is 6. The number of fused-ring (bicyclic) bond motifs is 1. The molecule has 2 aliphatic rings. The number of methoxy groups -OCH3 is 1. The van der Waals surface area contributed by atoms with Gasteiger partial charge in [0, 0.05) is 100 Å². The Labute approximate surface area is 309 Å². The molecule has 0 bridgehead atoms. The van der Waals surface area contributed by atoms with Crippen molar-refractivity contribution in [2.24, 2.45) is 7.05 Å². The first kappa shape index (κ1) is 31.2. The fourth-order valence-electron chi connectivity index (χ4n) is 6.66. The number of piperidine rings is 1. The molecule has 2 aliphatic heterocycles. The first-order chi connectivity index (χ1) is 25.7. The number of halogens is 1. The molecule has 2 aromatic carbocycles. The summed E-state index contributed by atoms with van der Waals surface area (Å²) < 4.78 is 59.1. The van der Waals surface area contributed by atoms with Gasteiger partial charge in [-0.25, -0.2) is 13.4 Å². The number of aryl methyl sites for hydroxylation is 1. The van der Waals surface area contributed by atoms with Crippen molar-refractivity contribution in [2.45, 2.75) is 18.9 Å². The summed E-state index contributed by atoms with van der Waals surface area (Å²) in [5.74, 6) is 0.512. The molecule has 3 aromatic heterocycles. The van der Waals surface area contributed by atoms with Crippen LogP contribution >= 0.6 is 15.9 Å². The van der Waals surface area contributed by atoms with Gasteiger partial charge in [-0.15, -0.1) is 0 Å². The van der Waals surface area contributed by atoms with Gasteiger partial charge in [0.25, 0.3) is 0 Å². The van der Waals surface area contributed by atoms with Gasteiger partial charge in [0.15, 0.2) is 0 Å². The Morgan fingerprint density at radius 1 is 0.961 bits per heavy atom. The van der Waals surface area contributed by atoms with E-state index >= 15 is 0 Å². The highest BCUT2D eigenvalue weighted by Gasteiger charge is 2.29. The molecule has 17 heteroatoms. The van der Waals surface area contributed by atoms with Crippen LogP contribution in [0.25, 0.3) is 22.2 Å². The second-order valence-electron chi connectivity index (χ2n) is 12.9. The summed E-state index contributed by atoms with van der Waals surface area (Å²) in [6.07, 6.45) is 11.2. The van der Waals surface area contributed by atoms with Crippen LogP contribution in [0.1, 0.15) is 17.0 Å². The molecule has 0 spiro atoms. The number of rotatable bonds is 10. The average molecular weight is 781 g/mol. The van der Waals surface area contributed by atoms with E-state index in [4.69, 9.17) is 8.85 Å². The molecule has 3 N–H and O–H groups in total. The fourth-order valence-corrected chi connectivity index (χ4v) is 7.52. The third-order valence-corrected chi connectivity index (χ3v) is 10.4. The van der Waals surface area contributed by atoms with Crippen molar-refractivity contribution in [3.05, 3.63) is 59.7 Å². The van der Waals surface area contributed by atoms with Crippen LogP contribution in [0.4, 0.5) is 34.5 Å². The van der Waals surface area contributed by atoms with Crippen molar-refractivity contribution in [2.75, 3.05) is 79.9 Å². The van der Waals surface area contributed by atoms with Crippen LogP contribution in [0.15, 0.2) is 59.7 Å². The maximum atomic E-state index is 12.4. The van der Waals surface area contributed by atoms with Gasteiger partial charge >= 0.3 is 0 Å². The van der Waals surface area contributed by atoms with E-state index in [1.165, 1.54) is 18.6 Å². The third-order valence-electron chi connectivity index (χ3n) is 9.25. The van der Waals surface area contributed by atoms with Crippen molar-refractivity contribution in [1.82, 2.24) is 39.5 Å². The first-order valence-corrected chi connectivity index (χ1v) is 19.2. The second-order valence-corrected chi connectivity index (χ2v) is 15.5. The molecule has 0 unspecified atom stereocenters. The van der Waals surface area contributed by atoms with Gasteiger partial charge in [-0.1, -0.05) is 0 Å².